The number of fused-ring (bicyclic) bond motifs is 1. The number of amides is 2. The van der Waals surface area contributed by atoms with Gasteiger partial charge in [-0.15, -0.1) is 0 Å². The molecule has 1 aliphatic heterocycles. The maximum Gasteiger partial charge on any atom is 0.350 e. The van der Waals surface area contributed by atoms with Gasteiger partial charge in [0.05, 0.1) is 24.3 Å². The maximum atomic E-state index is 11.9. The Morgan fingerprint density at radius 2 is 1.63 bits per heavy atom. The lowest BCUT2D eigenvalue weighted by molar-refractivity contribution is 0.0588. The van der Waals surface area contributed by atoms with Gasteiger partial charge in [-0.05, 0) is 12.1 Å². The maximum absolute atomic E-state index is 11.9. The van der Waals surface area contributed by atoms with Gasteiger partial charge >= 0.3 is 7.60 Å². The van der Waals surface area contributed by atoms with Crippen LogP contribution in [0.4, 0.5) is 0 Å². The molecule has 0 radical (unpaired) electrons. The summed E-state index contributed by atoms with van der Waals surface area (Å²) in [6.45, 7) is -0.150. The summed E-state index contributed by atoms with van der Waals surface area (Å²) >= 11 is 0. The van der Waals surface area contributed by atoms with Gasteiger partial charge in [-0.25, -0.2) is 0 Å². The molecule has 102 valence electrons. The molecular formula is C11H12NO6P. The molecule has 1 heterocycles. The molecule has 0 unspecified atom stereocenters. The number of imide groups is 1. The molecule has 0 spiro atoms. The van der Waals surface area contributed by atoms with Gasteiger partial charge in [0.15, 0.2) is 0 Å². The quantitative estimate of drug-likeness (QED) is 0.462. The fourth-order valence-electron chi connectivity index (χ4n) is 1.78. The summed E-state index contributed by atoms with van der Waals surface area (Å²) in [5, 5.41) is 0. The Labute approximate surface area is 108 Å². The molecular weight excluding hydrogens is 273 g/mol. The summed E-state index contributed by atoms with van der Waals surface area (Å²) in [7, 11) is -4.23. The first-order valence-corrected chi connectivity index (χ1v) is 7.27. The van der Waals surface area contributed by atoms with Crippen molar-refractivity contribution in [2.45, 2.75) is 0 Å². The molecule has 2 N–H and O–H groups in total. The van der Waals surface area contributed by atoms with Crippen molar-refractivity contribution in [3.8, 4) is 0 Å². The van der Waals surface area contributed by atoms with Crippen molar-refractivity contribution >= 4 is 19.4 Å². The number of ether oxygens (including phenoxy) is 1. The predicted molar refractivity (Wildman–Crippen MR) is 64.7 cm³/mol. The van der Waals surface area contributed by atoms with E-state index in [0.717, 1.165) is 4.90 Å². The Kier molecular flexibility index (Phi) is 3.82. The number of nitrogens with zero attached hydrogens (tertiary/aromatic N) is 1. The van der Waals surface area contributed by atoms with Gasteiger partial charge in [0.25, 0.3) is 11.8 Å². The highest BCUT2D eigenvalue weighted by Crippen LogP contribution is 2.33. The van der Waals surface area contributed by atoms with E-state index in [1.165, 1.54) is 0 Å². The van der Waals surface area contributed by atoms with Crippen LogP contribution in [0.25, 0.3) is 0 Å². The minimum atomic E-state index is -4.23. The van der Waals surface area contributed by atoms with Gasteiger partial charge in [0.2, 0.25) is 0 Å². The molecule has 0 saturated carbocycles. The molecule has 0 bridgehead atoms. The number of carbonyl (C=O) groups excluding carboxylic acids is 2. The topological polar surface area (TPSA) is 104 Å². The van der Waals surface area contributed by atoms with Crippen LogP contribution in [-0.2, 0) is 9.30 Å². The monoisotopic (exact) mass is 285 g/mol. The lowest BCUT2D eigenvalue weighted by Gasteiger charge is -2.13. The van der Waals surface area contributed by atoms with Crippen LogP contribution >= 0.6 is 7.60 Å². The summed E-state index contributed by atoms with van der Waals surface area (Å²) in [4.78, 5) is 42.0. The van der Waals surface area contributed by atoms with Crippen LogP contribution < -0.4 is 0 Å². The summed E-state index contributed by atoms with van der Waals surface area (Å²) in [5.74, 6) is -0.833. The van der Waals surface area contributed by atoms with Crippen molar-refractivity contribution in [1.29, 1.82) is 0 Å². The molecule has 0 aliphatic carbocycles. The Bertz CT molecular complexity index is 531. The largest absolute Gasteiger partial charge is 0.367 e. The fraction of sp³-hybridized carbons (Fsp3) is 0.273. The van der Waals surface area contributed by atoms with E-state index in [0.29, 0.717) is 11.1 Å². The van der Waals surface area contributed by atoms with Gasteiger partial charge in [-0.1, -0.05) is 12.1 Å². The molecule has 1 aliphatic rings. The molecule has 1 aromatic rings. The van der Waals surface area contributed by atoms with E-state index in [9.17, 15) is 14.2 Å². The second kappa shape index (κ2) is 5.22. The van der Waals surface area contributed by atoms with Crippen LogP contribution in [0.5, 0.6) is 0 Å². The lowest BCUT2D eigenvalue weighted by Crippen LogP contribution is -2.33. The third kappa shape index (κ3) is 3.08. The van der Waals surface area contributed by atoms with E-state index in [1.807, 2.05) is 0 Å². The summed E-state index contributed by atoms with van der Waals surface area (Å²) in [6.07, 6.45) is -0.726. The average Bonchev–Trinajstić information content (AvgIpc) is 2.58. The minimum Gasteiger partial charge on any atom is -0.367 e. The standard InChI is InChI=1S/C11H12NO6P/c13-10-8-3-1-2-4-9(8)11(14)12(10)5-6-18-7-19(15,16)17/h1-4H,5-7H2,(H2,15,16,17). The first-order chi connectivity index (χ1) is 8.90. The number of hydrogen-bond acceptors (Lipinski definition) is 4. The van der Waals surface area contributed by atoms with E-state index in [-0.39, 0.29) is 13.2 Å². The van der Waals surface area contributed by atoms with Gasteiger partial charge < -0.3 is 14.5 Å². The fourth-order valence-corrected chi connectivity index (χ4v) is 2.15. The second-order valence-electron chi connectivity index (χ2n) is 4.01. The summed E-state index contributed by atoms with van der Waals surface area (Å²) in [5.41, 5.74) is 0.671. The Morgan fingerprint density at radius 3 is 2.11 bits per heavy atom. The van der Waals surface area contributed by atoms with Crippen molar-refractivity contribution in [1.82, 2.24) is 4.90 Å². The molecule has 0 atom stereocenters. The van der Waals surface area contributed by atoms with E-state index in [2.05, 4.69) is 0 Å². The number of rotatable bonds is 5. The normalized spacial score (nSPS) is 14.9. The van der Waals surface area contributed by atoms with Crippen molar-refractivity contribution in [2.75, 3.05) is 19.5 Å². The molecule has 2 rings (SSSR count). The van der Waals surface area contributed by atoms with Gasteiger partial charge in [-0.3, -0.25) is 19.1 Å². The van der Waals surface area contributed by atoms with Crippen molar-refractivity contribution in [2.24, 2.45) is 0 Å². The highest BCUT2D eigenvalue weighted by molar-refractivity contribution is 7.51. The van der Waals surface area contributed by atoms with E-state index < -0.39 is 25.8 Å². The van der Waals surface area contributed by atoms with Crippen molar-refractivity contribution in [3.05, 3.63) is 35.4 Å². The minimum absolute atomic E-state index is 0.0354. The Morgan fingerprint density at radius 1 is 1.11 bits per heavy atom. The zero-order valence-corrected chi connectivity index (χ0v) is 10.7. The molecule has 19 heavy (non-hydrogen) atoms. The first kappa shape index (κ1) is 13.9. The molecule has 1 aromatic carbocycles. The van der Waals surface area contributed by atoms with Crippen LogP contribution in [0.1, 0.15) is 20.7 Å². The molecule has 0 aromatic heterocycles. The van der Waals surface area contributed by atoms with E-state index in [4.69, 9.17) is 14.5 Å². The van der Waals surface area contributed by atoms with Crippen LogP contribution in [0, 0.1) is 0 Å². The molecule has 8 heteroatoms. The molecule has 2 amide bonds. The highest BCUT2D eigenvalue weighted by Gasteiger charge is 2.34. The number of hydrogen-bond donors (Lipinski definition) is 2. The van der Waals surface area contributed by atoms with E-state index >= 15 is 0 Å². The van der Waals surface area contributed by atoms with Crippen molar-refractivity contribution < 1.29 is 28.7 Å². The predicted octanol–water partition coefficient (Wildman–Crippen LogP) is 0.434. The third-order valence-corrected chi connectivity index (χ3v) is 3.12. The van der Waals surface area contributed by atoms with Gasteiger partial charge in [-0.2, -0.15) is 0 Å². The lowest BCUT2D eigenvalue weighted by atomic mass is 10.1. The first-order valence-electron chi connectivity index (χ1n) is 5.48. The summed E-state index contributed by atoms with van der Waals surface area (Å²) in [6, 6.07) is 6.45. The van der Waals surface area contributed by atoms with E-state index in [1.54, 1.807) is 24.3 Å². The number of carbonyl (C=O) groups is 2. The molecule has 0 saturated heterocycles. The second-order valence-corrected chi connectivity index (χ2v) is 5.60. The average molecular weight is 285 g/mol. The Balaban J connectivity index is 1.95. The molecule has 7 nitrogen and oxygen atoms in total. The van der Waals surface area contributed by atoms with Crippen LogP contribution in [0.15, 0.2) is 24.3 Å². The zero-order chi connectivity index (χ0) is 14.0. The van der Waals surface area contributed by atoms with Gasteiger partial charge in [0, 0.05) is 0 Å². The van der Waals surface area contributed by atoms with Crippen LogP contribution in [0.2, 0.25) is 0 Å². The smallest absolute Gasteiger partial charge is 0.350 e. The van der Waals surface area contributed by atoms with Crippen LogP contribution in [0.3, 0.4) is 0 Å². The number of benzene rings is 1. The SMILES string of the molecule is O=C1c2ccccc2C(=O)N1CCOCP(=O)(O)O. The zero-order valence-electron chi connectivity index (χ0n) is 9.85. The van der Waals surface area contributed by atoms with Gasteiger partial charge in [0.1, 0.15) is 6.35 Å². The van der Waals surface area contributed by atoms with Crippen molar-refractivity contribution in [3.63, 3.8) is 0 Å². The Hall–Kier alpha value is -1.53. The third-order valence-electron chi connectivity index (χ3n) is 2.60. The molecule has 0 fully saturated rings. The van der Waals surface area contributed by atoms with Crippen LogP contribution in [-0.4, -0.2) is 46.0 Å². The summed E-state index contributed by atoms with van der Waals surface area (Å²) < 4.78 is 15.3. The highest BCUT2D eigenvalue weighted by atomic mass is 31.2.